The van der Waals surface area contributed by atoms with Gasteiger partial charge in [-0.25, -0.2) is 9.67 Å². The normalized spacial score (nSPS) is 15.6. The first-order valence-corrected chi connectivity index (χ1v) is 10.5. The summed E-state index contributed by atoms with van der Waals surface area (Å²) in [6.07, 6.45) is 0.535. The predicted octanol–water partition coefficient (Wildman–Crippen LogP) is 5.42. The zero-order chi connectivity index (χ0) is 20.6. The first-order chi connectivity index (χ1) is 13.8. The molecule has 1 N–H and O–H groups in total. The molecule has 0 bridgehead atoms. The second kappa shape index (κ2) is 7.87. The molecular weight excluding hydrogens is 425 g/mol. The Morgan fingerprint density at radius 1 is 1.17 bits per heavy atom. The quantitative estimate of drug-likeness (QED) is 0.590. The van der Waals surface area contributed by atoms with E-state index in [1.54, 1.807) is 6.20 Å². The number of benzene rings is 1. The third kappa shape index (κ3) is 4.06. The molecule has 2 aromatic heterocycles. The highest BCUT2D eigenvalue weighted by Gasteiger charge is 2.30. The van der Waals surface area contributed by atoms with Gasteiger partial charge in [0, 0.05) is 11.9 Å². The highest BCUT2D eigenvalue weighted by molar-refractivity contribution is 7.99. The number of rotatable bonds is 3. The van der Waals surface area contributed by atoms with Crippen LogP contribution in [0, 0.1) is 0 Å². The highest BCUT2D eigenvalue weighted by atomic mass is 35.5. The lowest BCUT2D eigenvalue weighted by molar-refractivity contribution is -0.137. The molecule has 29 heavy (non-hydrogen) atoms. The molecule has 0 aliphatic carbocycles. The van der Waals surface area contributed by atoms with E-state index in [1.165, 1.54) is 18.3 Å². The van der Waals surface area contributed by atoms with Crippen LogP contribution in [0.25, 0.3) is 11.0 Å². The van der Waals surface area contributed by atoms with Crippen molar-refractivity contribution in [1.29, 1.82) is 0 Å². The number of halogens is 4. The summed E-state index contributed by atoms with van der Waals surface area (Å²) < 4.78 is 39.8. The Labute approximate surface area is 173 Å². The minimum Gasteiger partial charge on any atom is -0.322 e. The molecule has 0 atom stereocenters. The summed E-state index contributed by atoms with van der Waals surface area (Å²) in [4.78, 5) is 17.0. The van der Waals surface area contributed by atoms with Crippen LogP contribution in [0.2, 0.25) is 5.02 Å². The van der Waals surface area contributed by atoms with E-state index in [4.69, 9.17) is 11.6 Å². The second-order valence-corrected chi connectivity index (χ2v) is 8.29. The van der Waals surface area contributed by atoms with E-state index < -0.39 is 17.6 Å². The maximum atomic E-state index is 12.7. The maximum absolute atomic E-state index is 12.7. The molecule has 3 aromatic rings. The van der Waals surface area contributed by atoms with Crippen molar-refractivity contribution in [3.05, 3.63) is 52.8 Å². The van der Waals surface area contributed by atoms with E-state index >= 15 is 0 Å². The van der Waals surface area contributed by atoms with Crippen LogP contribution in [0.5, 0.6) is 0 Å². The van der Waals surface area contributed by atoms with E-state index in [2.05, 4.69) is 15.4 Å². The Morgan fingerprint density at radius 2 is 1.86 bits per heavy atom. The Morgan fingerprint density at radius 3 is 2.52 bits per heavy atom. The zero-order valence-electron chi connectivity index (χ0n) is 15.0. The van der Waals surface area contributed by atoms with E-state index in [0.717, 1.165) is 36.5 Å². The number of fused-ring (bicyclic) bond motifs is 1. The van der Waals surface area contributed by atoms with Crippen molar-refractivity contribution in [3.63, 3.8) is 0 Å². The van der Waals surface area contributed by atoms with Gasteiger partial charge in [0.25, 0.3) is 5.91 Å². The summed E-state index contributed by atoms with van der Waals surface area (Å²) in [7, 11) is 0. The van der Waals surface area contributed by atoms with Gasteiger partial charge in [-0.15, -0.1) is 0 Å². The Hall–Kier alpha value is -2.26. The summed E-state index contributed by atoms with van der Waals surface area (Å²) in [6.45, 7) is 0. The molecular formula is C19H16ClF3N4OS. The first-order valence-electron chi connectivity index (χ1n) is 8.92. The molecule has 4 rings (SSSR count). The van der Waals surface area contributed by atoms with Gasteiger partial charge in [-0.3, -0.25) is 4.79 Å². The number of amides is 1. The molecule has 3 heterocycles. The van der Waals surface area contributed by atoms with Crippen molar-refractivity contribution in [2.75, 3.05) is 16.8 Å². The van der Waals surface area contributed by atoms with E-state index in [1.807, 2.05) is 16.4 Å². The van der Waals surface area contributed by atoms with Crippen molar-refractivity contribution in [2.45, 2.75) is 25.1 Å². The van der Waals surface area contributed by atoms with Crippen molar-refractivity contribution in [3.8, 4) is 0 Å². The third-order valence-corrected chi connectivity index (χ3v) is 6.27. The fourth-order valence-corrected chi connectivity index (χ4v) is 4.61. The predicted molar refractivity (Wildman–Crippen MR) is 108 cm³/mol. The Bertz CT molecular complexity index is 1050. The molecule has 1 amide bonds. The number of thioether (sulfide) groups is 1. The average molecular weight is 441 g/mol. The summed E-state index contributed by atoms with van der Waals surface area (Å²) in [5.74, 6) is 1.58. The SMILES string of the molecule is O=C(Nc1ccc(C(F)(F)F)cc1)c1cnc2c(cnn2C2CCSCC2)c1Cl. The van der Waals surface area contributed by atoms with Gasteiger partial charge < -0.3 is 5.32 Å². The third-order valence-electron chi connectivity index (χ3n) is 4.81. The van der Waals surface area contributed by atoms with Gasteiger partial charge >= 0.3 is 6.18 Å². The van der Waals surface area contributed by atoms with Crippen LogP contribution in [0.3, 0.4) is 0 Å². The summed E-state index contributed by atoms with van der Waals surface area (Å²) in [5.41, 5.74) is 0.204. The van der Waals surface area contributed by atoms with Crippen LogP contribution in [0.15, 0.2) is 36.7 Å². The van der Waals surface area contributed by atoms with Gasteiger partial charge in [0.15, 0.2) is 5.65 Å². The number of carbonyl (C=O) groups is 1. The fourth-order valence-electron chi connectivity index (χ4n) is 3.26. The van der Waals surface area contributed by atoms with Crippen LogP contribution in [-0.4, -0.2) is 32.2 Å². The van der Waals surface area contributed by atoms with Crippen molar-refractivity contribution >= 4 is 46.0 Å². The molecule has 1 aliphatic heterocycles. The van der Waals surface area contributed by atoms with Crippen LogP contribution in [0.1, 0.15) is 34.8 Å². The number of nitrogens with zero attached hydrogens (tertiary/aromatic N) is 3. The van der Waals surface area contributed by atoms with Crippen molar-refractivity contribution in [2.24, 2.45) is 0 Å². The minimum absolute atomic E-state index is 0.137. The van der Waals surface area contributed by atoms with Gasteiger partial charge in [0.2, 0.25) is 0 Å². The minimum atomic E-state index is -4.43. The van der Waals surface area contributed by atoms with E-state index in [-0.39, 0.29) is 22.3 Å². The molecule has 1 aliphatic rings. The fraction of sp³-hybridized carbons (Fsp3) is 0.316. The van der Waals surface area contributed by atoms with Gasteiger partial charge in [0.05, 0.1) is 33.8 Å². The molecule has 1 fully saturated rings. The number of carbonyl (C=O) groups excluding carboxylic acids is 1. The lowest BCUT2D eigenvalue weighted by Gasteiger charge is -2.22. The van der Waals surface area contributed by atoms with Crippen LogP contribution in [0.4, 0.5) is 18.9 Å². The monoisotopic (exact) mass is 440 g/mol. The number of anilines is 1. The summed E-state index contributed by atoms with van der Waals surface area (Å²) in [5, 5.41) is 7.76. The maximum Gasteiger partial charge on any atom is 0.416 e. The van der Waals surface area contributed by atoms with Crippen molar-refractivity contribution in [1.82, 2.24) is 14.8 Å². The number of nitrogens with one attached hydrogen (secondary N) is 1. The molecule has 1 saturated heterocycles. The molecule has 5 nitrogen and oxygen atoms in total. The average Bonchev–Trinajstić information content (AvgIpc) is 3.13. The first kappa shape index (κ1) is 20.0. The number of aromatic nitrogens is 3. The molecule has 0 saturated carbocycles. The molecule has 0 spiro atoms. The van der Waals surface area contributed by atoms with E-state index in [0.29, 0.717) is 11.0 Å². The Balaban J connectivity index is 1.57. The number of pyridine rings is 1. The number of hydrogen-bond donors (Lipinski definition) is 1. The van der Waals surface area contributed by atoms with Crippen LogP contribution < -0.4 is 5.32 Å². The lowest BCUT2D eigenvalue weighted by Crippen LogP contribution is -2.17. The highest BCUT2D eigenvalue weighted by Crippen LogP contribution is 2.33. The van der Waals surface area contributed by atoms with Gasteiger partial charge in [-0.1, -0.05) is 11.6 Å². The van der Waals surface area contributed by atoms with Crippen LogP contribution in [-0.2, 0) is 6.18 Å². The Kier molecular flexibility index (Phi) is 5.44. The molecule has 1 aromatic carbocycles. The van der Waals surface area contributed by atoms with Crippen molar-refractivity contribution < 1.29 is 18.0 Å². The van der Waals surface area contributed by atoms with Gasteiger partial charge in [-0.05, 0) is 48.6 Å². The smallest absolute Gasteiger partial charge is 0.322 e. The summed E-state index contributed by atoms with van der Waals surface area (Å²) in [6, 6.07) is 4.46. The lowest BCUT2D eigenvalue weighted by atomic mass is 10.1. The topological polar surface area (TPSA) is 59.8 Å². The number of alkyl halides is 3. The van der Waals surface area contributed by atoms with Gasteiger partial charge in [0.1, 0.15) is 0 Å². The van der Waals surface area contributed by atoms with E-state index in [9.17, 15) is 18.0 Å². The number of hydrogen-bond acceptors (Lipinski definition) is 4. The van der Waals surface area contributed by atoms with Gasteiger partial charge in [-0.2, -0.15) is 30.0 Å². The largest absolute Gasteiger partial charge is 0.416 e. The zero-order valence-corrected chi connectivity index (χ0v) is 16.6. The molecule has 0 radical (unpaired) electrons. The molecule has 10 heteroatoms. The standard InChI is InChI=1S/C19H16ClF3N4OS/c20-16-14-10-25-27(13-5-7-29-8-6-13)17(14)24-9-15(16)18(28)26-12-3-1-11(2-4-12)19(21,22)23/h1-4,9-10,13H,5-8H2,(H,26,28). The second-order valence-electron chi connectivity index (χ2n) is 6.69. The van der Waals surface area contributed by atoms with Crippen LogP contribution >= 0.6 is 23.4 Å². The molecule has 152 valence electrons. The summed E-state index contributed by atoms with van der Waals surface area (Å²) >= 11 is 8.34. The molecule has 0 unspecified atom stereocenters.